The van der Waals surface area contributed by atoms with Crippen LogP contribution in [0.25, 0.3) is 0 Å². The van der Waals surface area contributed by atoms with E-state index < -0.39 is 0 Å². The molecule has 1 unspecified atom stereocenters. The van der Waals surface area contributed by atoms with Crippen LogP contribution >= 0.6 is 11.6 Å². The summed E-state index contributed by atoms with van der Waals surface area (Å²) in [5.74, 6) is -0.481. The van der Waals surface area contributed by atoms with E-state index in [0.717, 1.165) is 0 Å². The Hall–Kier alpha value is -1.67. The van der Waals surface area contributed by atoms with Gasteiger partial charge in [-0.3, -0.25) is 9.59 Å². The molecule has 8 heteroatoms. The maximum absolute atomic E-state index is 12.1. The van der Waals surface area contributed by atoms with Gasteiger partial charge in [-0.1, -0.05) is 11.6 Å². The molecule has 1 saturated heterocycles. The van der Waals surface area contributed by atoms with E-state index in [1.54, 1.807) is 25.3 Å². The van der Waals surface area contributed by atoms with Gasteiger partial charge in [-0.05, 0) is 18.2 Å². The van der Waals surface area contributed by atoms with Crippen LogP contribution in [0.4, 0.5) is 5.69 Å². The van der Waals surface area contributed by atoms with E-state index in [1.807, 2.05) is 0 Å². The lowest BCUT2D eigenvalue weighted by Crippen LogP contribution is -2.48. The topological polar surface area (TPSA) is 88.7 Å². The SMILES string of the molecule is COCCNC(=O)c1ccc(NC(=O)C2COCCN2)cc1Cl. The summed E-state index contributed by atoms with van der Waals surface area (Å²) in [6, 6.07) is 4.37. The molecule has 2 amide bonds. The molecule has 1 aliphatic heterocycles. The second kappa shape index (κ2) is 8.83. The third-order valence-electron chi connectivity index (χ3n) is 3.31. The molecule has 1 aromatic carbocycles. The minimum absolute atomic E-state index is 0.196. The molecule has 23 heavy (non-hydrogen) atoms. The number of methoxy groups -OCH3 is 1. The number of morpholine rings is 1. The van der Waals surface area contributed by atoms with Gasteiger partial charge in [-0.25, -0.2) is 0 Å². The van der Waals surface area contributed by atoms with Gasteiger partial charge in [0, 0.05) is 25.9 Å². The Morgan fingerprint density at radius 2 is 2.30 bits per heavy atom. The van der Waals surface area contributed by atoms with Crippen LogP contribution in [0.15, 0.2) is 18.2 Å². The van der Waals surface area contributed by atoms with Crippen LogP contribution in [0.5, 0.6) is 0 Å². The number of ether oxygens (including phenoxy) is 2. The van der Waals surface area contributed by atoms with Crippen molar-refractivity contribution < 1.29 is 19.1 Å². The van der Waals surface area contributed by atoms with Crippen LogP contribution < -0.4 is 16.0 Å². The zero-order valence-corrected chi connectivity index (χ0v) is 13.6. The number of benzene rings is 1. The molecule has 0 radical (unpaired) electrons. The largest absolute Gasteiger partial charge is 0.383 e. The number of rotatable bonds is 6. The molecule has 0 spiro atoms. The van der Waals surface area contributed by atoms with Crippen molar-refractivity contribution in [2.24, 2.45) is 0 Å². The second-order valence-electron chi connectivity index (χ2n) is 5.01. The number of anilines is 1. The van der Waals surface area contributed by atoms with E-state index in [-0.39, 0.29) is 22.9 Å². The van der Waals surface area contributed by atoms with Gasteiger partial charge in [-0.2, -0.15) is 0 Å². The van der Waals surface area contributed by atoms with Crippen molar-refractivity contribution in [2.75, 3.05) is 45.3 Å². The summed E-state index contributed by atoms with van der Waals surface area (Å²) in [6.45, 7) is 2.40. The molecular weight excluding hydrogens is 322 g/mol. The predicted octanol–water partition coefficient (Wildman–Crippen LogP) is 0.643. The fourth-order valence-electron chi connectivity index (χ4n) is 2.10. The lowest BCUT2D eigenvalue weighted by Gasteiger charge is -2.23. The first-order valence-electron chi connectivity index (χ1n) is 7.30. The van der Waals surface area contributed by atoms with Crippen molar-refractivity contribution in [1.82, 2.24) is 10.6 Å². The fraction of sp³-hybridized carbons (Fsp3) is 0.467. The number of hydrogen-bond acceptors (Lipinski definition) is 5. The van der Waals surface area contributed by atoms with Crippen molar-refractivity contribution in [1.29, 1.82) is 0 Å². The Bertz CT molecular complexity index is 562. The molecule has 0 aliphatic carbocycles. The van der Waals surface area contributed by atoms with Gasteiger partial charge in [0.1, 0.15) is 6.04 Å². The standard InChI is InChI=1S/C15H20ClN3O4/c1-22-6-4-18-14(20)11-3-2-10(8-12(11)16)19-15(21)13-9-23-7-5-17-13/h2-3,8,13,17H,4-7,9H2,1H3,(H,18,20)(H,19,21). The van der Waals surface area contributed by atoms with Crippen LogP contribution in [0.2, 0.25) is 5.02 Å². The number of halogens is 1. The van der Waals surface area contributed by atoms with Gasteiger partial charge in [0.05, 0.1) is 30.4 Å². The van der Waals surface area contributed by atoms with Gasteiger partial charge in [0.25, 0.3) is 5.91 Å². The van der Waals surface area contributed by atoms with E-state index in [2.05, 4.69) is 16.0 Å². The van der Waals surface area contributed by atoms with Crippen LogP contribution in [0.1, 0.15) is 10.4 Å². The molecule has 1 heterocycles. The molecule has 7 nitrogen and oxygen atoms in total. The maximum atomic E-state index is 12.1. The molecule has 2 rings (SSSR count). The Balaban J connectivity index is 1.95. The number of amides is 2. The Morgan fingerprint density at radius 1 is 1.48 bits per heavy atom. The van der Waals surface area contributed by atoms with Gasteiger partial charge < -0.3 is 25.4 Å². The molecule has 1 atom stereocenters. The van der Waals surface area contributed by atoms with Gasteiger partial charge >= 0.3 is 0 Å². The Labute approximate surface area is 139 Å². The highest BCUT2D eigenvalue weighted by molar-refractivity contribution is 6.34. The molecule has 0 aromatic heterocycles. The highest BCUT2D eigenvalue weighted by Gasteiger charge is 2.21. The van der Waals surface area contributed by atoms with E-state index in [0.29, 0.717) is 44.2 Å². The normalized spacial score (nSPS) is 17.6. The zero-order chi connectivity index (χ0) is 16.7. The smallest absolute Gasteiger partial charge is 0.252 e. The number of carbonyl (C=O) groups is 2. The monoisotopic (exact) mass is 341 g/mol. The number of nitrogens with one attached hydrogen (secondary N) is 3. The zero-order valence-electron chi connectivity index (χ0n) is 12.9. The third kappa shape index (κ3) is 5.18. The minimum Gasteiger partial charge on any atom is -0.383 e. The Morgan fingerprint density at radius 3 is 2.96 bits per heavy atom. The van der Waals surface area contributed by atoms with Crippen LogP contribution in [-0.2, 0) is 14.3 Å². The van der Waals surface area contributed by atoms with Gasteiger partial charge in [-0.15, -0.1) is 0 Å². The molecule has 1 fully saturated rings. The quantitative estimate of drug-likeness (QED) is 0.661. The van der Waals surface area contributed by atoms with Crippen molar-refractivity contribution in [3.05, 3.63) is 28.8 Å². The highest BCUT2D eigenvalue weighted by atomic mass is 35.5. The summed E-state index contributed by atoms with van der Waals surface area (Å²) in [5.41, 5.74) is 0.876. The first-order chi connectivity index (χ1) is 11.1. The van der Waals surface area contributed by atoms with Crippen molar-refractivity contribution >= 4 is 29.1 Å². The maximum Gasteiger partial charge on any atom is 0.252 e. The summed E-state index contributed by atoms with van der Waals surface area (Å²) in [7, 11) is 1.56. The molecule has 0 bridgehead atoms. The summed E-state index contributed by atoms with van der Waals surface area (Å²) in [4.78, 5) is 24.0. The van der Waals surface area contributed by atoms with Gasteiger partial charge in [0.2, 0.25) is 5.91 Å². The molecule has 1 aromatic rings. The number of hydrogen-bond donors (Lipinski definition) is 3. The van der Waals surface area contributed by atoms with Crippen LogP contribution in [-0.4, -0.2) is 57.9 Å². The van der Waals surface area contributed by atoms with Crippen molar-refractivity contribution in [2.45, 2.75) is 6.04 Å². The molecule has 126 valence electrons. The fourth-order valence-corrected chi connectivity index (χ4v) is 2.37. The number of carbonyl (C=O) groups excluding carboxylic acids is 2. The highest BCUT2D eigenvalue weighted by Crippen LogP contribution is 2.21. The van der Waals surface area contributed by atoms with E-state index in [9.17, 15) is 9.59 Å². The van der Waals surface area contributed by atoms with E-state index in [1.165, 1.54) is 0 Å². The van der Waals surface area contributed by atoms with Crippen LogP contribution in [0.3, 0.4) is 0 Å². The third-order valence-corrected chi connectivity index (χ3v) is 3.62. The first-order valence-corrected chi connectivity index (χ1v) is 7.68. The summed E-state index contributed by atoms with van der Waals surface area (Å²) < 4.78 is 10.1. The summed E-state index contributed by atoms with van der Waals surface area (Å²) in [5, 5.41) is 8.78. The first kappa shape index (κ1) is 17.7. The average molecular weight is 342 g/mol. The van der Waals surface area contributed by atoms with Crippen molar-refractivity contribution in [3.8, 4) is 0 Å². The second-order valence-corrected chi connectivity index (χ2v) is 5.42. The van der Waals surface area contributed by atoms with Gasteiger partial charge in [0.15, 0.2) is 0 Å². The average Bonchev–Trinajstić information content (AvgIpc) is 2.56. The van der Waals surface area contributed by atoms with E-state index in [4.69, 9.17) is 21.1 Å². The Kier molecular flexibility index (Phi) is 6.79. The lowest BCUT2D eigenvalue weighted by molar-refractivity contribution is -0.120. The molecule has 1 aliphatic rings. The summed E-state index contributed by atoms with van der Waals surface area (Å²) in [6.07, 6.45) is 0. The predicted molar refractivity (Wildman–Crippen MR) is 86.9 cm³/mol. The summed E-state index contributed by atoms with van der Waals surface area (Å²) >= 11 is 6.12. The molecule has 3 N–H and O–H groups in total. The van der Waals surface area contributed by atoms with E-state index >= 15 is 0 Å². The molecular formula is C15H20ClN3O4. The lowest BCUT2D eigenvalue weighted by atomic mass is 10.1. The molecule has 0 saturated carbocycles. The van der Waals surface area contributed by atoms with Crippen molar-refractivity contribution in [3.63, 3.8) is 0 Å². The minimum atomic E-state index is -0.389. The van der Waals surface area contributed by atoms with Crippen LogP contribution in [0, 0.1) is 0 Å².